The summed E-state index contributed by atoms with van der Waals surface area (Å²) in [6.07, 6.45) is -0.912. The van der Waals surface area contributed by atoms with E-state index in [1.807, 2.05) is 84.9 Å². The molecule has 0 saturated heterocycles. The van der Waals surface area contributed by atoms with E-state index in [1.165, 1.54) is 11.0 Å². The van der Waals surface area contributed by atoms with Gasteiger partial charge in [0.05, 0.1) is 12.8 Å². The van der Waals surface area contributed by atoms with Crippen molar-refractivity contribution in [1.82, 2.24) is 9.80 Å². The molecular formula is C53H62N2O12. The number of rotatable bonds is 16. The number of hydrogen-bond acceptors (Lipinski definition) is 11. The monoisotopic (exact) mass is 918 g/mol. The molecule has 4 aromatic carbocycles. The van der Waals surface area contributed by atoms with Gasteiger partial charge in [0.1, 0.15) is 43.1 Å². The molecule has 2 aliphatic rings. The van der Waals surface area contributed by atoms with Crippen molar-refractivity contribution in [3.63, 3.8) is 0 Å². The Kier molecular flexibility index (Phi) is 17.1. The molecule has 0 aliphatic heterocycles. The molecule has 0 aromatic heterocycles. The number of nitrogens with zero attached hydrogens (tertiary/aromatic N) is 2. The van der Waals surface area contributed by atoms with Gasteiger partial charge < -0.3 is 28.8 Å². The first-order valence-corrected chi connectivity index (χ1v) is 22.5. The third kappa shape index (κ3) is 13.1. The van der Waals surface area contributed by atoms with E-state index in [9.17, 15) is 33.9 Å². The molecule has 0 radical (unpaired) electrons. The number of fused-ring (bicyclic) bond motifs is 6. The Balaban J connectivity index is 0.000000252. The highest BCUT2D eigenvalue weighted by molar-refractivity contribution is 5.88. The zero-order valence-corrected chi connectivity index (χ0v) is 39.6. The number of esters is 3. The summed E-state index contributed by atoms with van der Waals surface area (Å²) in [4.78, 5) is 77.8. The van der Waals surface area contributed by atoms with E-state index in [1.54, 1.807) is 55.4 Å². The molecule has 2 atom stereocenters. The average Bonchev–Trinajstić information content (AvgIpc) is 3.77. The van der Waals surface area contributed by atoms with E-state index in [-0.39, 0.29) is 51.2 Å². The largest absolute Gasteiger partial charge is 0.481 e. The minimum atomic E-state index is -1.27. The van der Waals surface area contributed by atoms with Crippen molar-refractivity contribution >= 4 is 36.1 Å². The molecule has 0 fully saturated rings. The van der Waals surface area contributed by atoms with Crippen LogP contribution in [0.25, 0.3) is 22.3 Å². The Morgan fingerprint density at radius 3 is 1.19 bits per heavy atom. The minimum absolute atomic E-state index is 0.0109. The molecular weight excluding hydrogens is 857 g/mol. The van der Waals surface area contributed by atoms with Gasteiger partial charge in [-0.25, -0.2) is 19.2 Å². The smallest absolute Gasteiger partial charge is 0.410 e. The van der Waals surface area contributed by atoms with Crippen LogP contribution in [0.4, 0.5) is 9.59 Å². The first-order chi connectivity index (χ1) is 31.8. The Morgan fingerprint density at radius 1 is 0.567 bits per heavy atom. The summed E-state index contributed by atoms with van der Waals surface area (Å²) in [5.41, 5.74) is 7.15. The topological polar surface area (TPSA) is 175 Å². The van der Waals surface area contributed by atoms with Gasteiger partial charge in [0.2, 0.25) is 0 Å². The highest BCUT2D eigenvalue weighted by Gasteiger charge is 2.39. The van der Waals surface area contributed by atoms with E-state index in [2.05, 4.69) is 18.7 Å². The van der Waals surface area contributed by atoms with Gasteiger partial charge in [-0.15, -0.1) is 0 Å². The quantitative estimate of drug-likeness (QED) is 0.0641. The number of ether oxygens (including phenoxy) is 5. The van der Waals surface area contributed by atoms with Gasteiger partial charge in [-0.3, -0.25) is 19.4 Å². The lowest BCUT2D eigenvalue weighted by molar-refractivity contribution is -0.164. The number of aliphatic carboxylic acids is 1. The van der Waals surface area contributed by atoms with Crippen molar-refractivity contribution in [3.8, 4) is 22.3 Å². The number of benzene rings is 4. The Hall–Kier alpha value is -6.96. The number of carbonyl (C=O) groups excluding carboxylic acids is 5. The van der Waals surface area contributed by atoms with Crippen LogP contribution in [0, 0.1) is 0 Å². The lowest BCUT2D eigenvalue weighted by Crippen LogP contribution is -2.49. The lowest BCUT2D eigenvalue weighted by atomic mass is 9.98. The lowest BCUT2D eigenvalue weighted by Gasteiger charge is -2.31. The van der Waals surface area contributed by atoms with Crippen molar-refractivity contribution < 1.29 is 57.6 Å². The molecule has 67 heavy (non-hydrogen) atoms. The SMILES string of the molecule is C=CCOC(=O)C[C@@H](C(=O)OC(C)(C)C)N(CC)C(=O)OCC1c2ccccc2-c2ccccc21.CCN(C(=O)OCC1c2ccccc2-c2ccccc21)[C@@H](CC(=O)O)C(=O)OC(C)(C)C. The van der Waals surface area contributed by atoms with Crippen molar-refractivity contribution in [1.29, 1.82) is 0 Å². The molecule has 14 heteroatoms. The first kappa shape index (κ1) is 51.0. The summed E-state index contributed by atoms with van der Waals surface area (Å²) in [6.45, 7) is 17.6. The number of carbonyl (C=O) groups is 6. The molecule has 0 saturated carbocycles. The second-order valence-corrected chi connectivity index (χ2v) is 18.1. The molecule has 356 valence electrons. The van der Waals surface area contributed by atoms with Crippen LogP contribution in [0.3, 0.4) is 0 Å². The number of carboxylic acids is 1. The summed E-state index contributed by atoms with van der Waals surface area (Å²) in [5.74, 6) is -3.55. The molecule has 0 unspecified atom stereocenters. The summed E-state index contributed by atoms with van der Waals surface area (Å²) in [5, 5.41) is 9.29. The highest BCUT2D eigenvalue weighted by atomic mass is 16.6. The fraction of sp³-hybridized carbons (Fsp3) is 0.396. The zero-order valence-electron chi connectivity index (χ0n) is 39.6. The first-order valence-electron chi connectivity index (χ1n) is 22.5. The third-order valence-corrected chi connectivity index (χ3v) is 11.0. The molecule has 4 aromatic rings. The number of hydrogen-bond donors (Lipinski definition) is 1. The maximum absolute atomic E-state index is 13.2. The van der Waals surface area contributed by atoms with Crippen molar-refractivity contribution in [2.45, 2.75) is 103 Å². The molecule has 0 bridgehead atoms. The van der Waals surface area contributed by atoms with E-state index in [4.69, 9.17) is 23.7 Å². The zero-order chi connectivity index (χ0) is 49.1. The fourth-order valence-corrected chi connectivity index (χ4v) is 8.22. The van der Waals surface area contributed by atoms with Crippen molar-refractivity contribution in [3.05, 3.63) is 132 Å². The highest BCUT2D eigenvalue weighted by Crippen LogP contribution is 2.46. The summed E-state index contributed by atoms with van der Waals surface area (Å²) in [7, 11) is 0. The van der Waals surface area contributed by atoms with Crippen LogP contribution in [-0.2, 0) is 42.9 Å². The van der Waals surface area contributed by atoms with E-state index >= 15 is 0 Å². The van der Waals surface area contributed by atoms with E-state index < -0.39 is 65.8 Å². The van der Waals surface area contributed by atoms with E-state index in [0.717, 1.165) is 49.4 Å². The minimum Gasteiger partial charge on any atom is -0.481 e. The maximum Gasteiger partial charge on any atom is 0.410 e. The van der Waals surface area contributed by atoms with Crippen LogP contribution in [-0.4, -0.2) is 107 Å². The molecule has 1 N–H and O–H groups in total. The van der Waals surface area contributed by atoms with Crippen LogP contribution in [0.1, 0.15) is 102 Å². The van der Waals surface area contributed by atoms with Gasteiger partial charge in [0.15, 0.2) is 0 Å². The molecule has 0 spiro atoms. The van der Waals surface area contributed by atoms with Crippen LogP contribution < -0.4 is 0 Å². The van der Waals surface area contributed by atoms with Gasteiger partial charge in [0.25, 0.3) is 0 Å². The second-order valence-electron chi connectivity index (χ2n) is 18.1. The molecule has 2 aliphatic carbocycles. The fourth-order valence-electron chi connectivity index (χ4n) is 8.22. The summed E-state index contributed by atoms with van der Waals surface area (Å²) < 4.78 is 27.2. The van der Waals surface area contributed by atoms with Crippen LogP contribution in [0.15, 0.2) is 110 Å². The van der Waals surface area contributed by atoms with Gasteiger partial charge >= 0.3 is 36.1 Å². The maximum atomic E-state index is 13.2. The number of likely N-dealkylation sites (N-methyl/N-ethyl adjacent to an activating group) is 2. The van der Waals surface area contributed by atoms with Gasteiger partial charge in [-0.2, -0.15) is 0 Å². The normalized spacial score (nSPS) is 13.4. The van der Waals surface area contributed by atoms with Crippen LogP contribution >= 0.6 is 0 Å². The molecule has 6 rings (SSSR count). The predicted molar refractivity (Wildman–Crippen MR) is 252 cm³/mol. The van der Waals surface area contributed by atoms with Crippen LogP contribution in [0.2, 0.25) is 0 Å². The standard InChI is InChI=1S/C28H33NO6.C25H29NO6/c1-6-16-33-25(30)17-24(26(31)35-28(3,4)5)29(7-2)27(32)34-18-23-21-14-10-8-12-19(21)20-13-9-11-15-22(20)23;1-5-26(21(14-22(27)28)23(29)32-25(2,3)4)24(30)31-15-20-18-12-8-6-10-16(18)17-11-7-9-13-19(17)20/h6,8-15,23-24H,1,7,16-18H2,2-5H3;6-13,20-21H,5,14-15H2,1-4H3,(H,27,28)/t24-;21-/m00/s1. The number of amides is 2. The van der Waals surface area contributed by atoms with Crippen LogP contribution in [0.5, 0.6) is 0 Å². The molecule has 2 amide bonds. The Bertz CT molecular complexity index is 2340. The van der Waals surface area contributed by atoms with Gasteiger partial charge in [-0.05, 0) is 99.9 Å². The Labute approximate surface area is 392 Å². The second kappa shape index (κ2) is 22.5. The van der Waals surface area contributed by atoms with Crippen molar-refractivity contribution in [2.75, 3.05) is 32.9 Å². The third-order valence-electron chi connectivity index (χ3n) is 11.0. The van der Waals surface area contributed by atoms with Crippen molar-refractivity contribution in [2.24, 2.45) is 0 Å². The summed E-state index contributed by atoms with van der Waals surface area (Å²) >= 11 is 0. The average molecular weight is 919 g/mol. The molecule has 14 nitrogen and oxygen atoms in total. The number of carboxylic acid groups (broad SMARTS) is 1. The predicted octanol–water partition coefficient (Wildman–Crippen LogP) is 9.53. The van der Waals surface area contributed by atoms with Gasteiger partial charge in [-0.1, -0.05) is 110 Å². The molecule has 0 heterocycles. The Morgan fingerprint density at radius 2 is 0.896 bits per heavy atom. The van der Waals surface area contributed by atoms with E-state index in [0.29, 0.717) is 0 Å². The van der Waals surface area contributed by atoms with Gasteiger partial charge in [0, 0.05) is 24.9 Å². The summed E-state index contributed by atoms with van der Waals surface area (Å²) in [6, 6.07) is 29.6.